The Morgan fingerprint density at radius 3 is 1.24 bits per heavy atom. The van der Waals surface area contributed by atoms with Crippen LogP contribution >= 0.6 is 0 Å². The van der Waals surface area contributed by atoms with Gasteiger partial charge in [0.05, 0.1) is 0 Å². The molecule has 0 unspecified atom stereocenters. The van der Waals surface area contributed by atoms with E-state index in [9.17, 15) is 0 Å². The minimum absolute atomic E-state index is 0.0774. The van der Waals surface area contributed by atoms with E-state index in [-0.39, 0.29) is 5.41 Å². The van der Waals surface area contributed by atoms with Crippen LogP contribution in [0.2, 0.25) is 0 Å². The van der Waals surface area contributed by atoms with E-state index in [4.69, 9.17) is 0 Å². The number of aromatic amines is 2. The summed E-state index contributed by atoms with van der Waals surface area (Å²) in [6.45, 7) is 4.62. The van der Waals surface area contributed by atoms with Crippen LogP contribution < -0.4 is 9.97 Å². The zero-order valence-electron chi connectivity index (χ0n) is 25.5. The standard InChI is InChI=1S/C39H48N2/c1-3-5-7-9-11-13-23-39(24-14-12-10-8-6-4-2)37-29-33(31-19-25-40-26-20-31)15-17-35(37)36-18-16-34(30-38(36)39)32-21-27-41-28-22-32/h15-22,25-30H,3-14,23-24H2,1-2H3/p+2. The number of benzene rings is 2. The lowest BCUT2D eigenvalue weighted by Gasteiger charge is -2.33. The van der Waals surface area contributed by atoms with Gasteiger partial charge >= 0.3 is 0 Å². The van der Waals surface area contributed by atoms with E-state index in [1.165, 1.54) is 123 Å². The maximum Gasteiger partial charge on any atom is 0.167 e. The number of fused-ring (bicyclic) bond motifs is 3. The number of rotatable bonds is 16. The summed E-state index contributed by atoms with van der Waals surface area (Å²) < 4.78 is 0. The van der Waals surface area contributed by atoms with Crippen LogP contribution in [0.5, 0.6) is 0 Å². The van der Waals surface area contributed by atoms with Gasteiger partial charge in [0, 0.05) is 29.7 Å². The van der Waals surface area contributed by atoms with Gasteiger partial charge in [-0.05, 0) is 69.5 Å². The fourth-order valence-corrected chi connectivity index (χ4v) is 7.09. The molecule has 2 N–H and O–H groups in total. The molecule has 1 aliphatic carbocycles. The Morgan fingerprint density at radius 2 is 0.829 bits per heavy atom. The van der Waals surface area contributed by atoms with Gasteiger partial charge in [0.25, 0.3) is 0 Å². The molecule has 1 aliphatic rings. The molecule has 4 aromatic rings. The van der Waals surface area contributed by atoms with E-state index in [1.54, 1.807) is 11.1 Å². The molecule has 0 amide bonds. The third kappa shape index (κ3) is 6.80. The Bertz CT molecular complexity index is 1250. The Kier molecular flexibility index (Phi) is 10.4. The van der Waals surface area contributed by atoms with Crippen LogP contribution in [-0.2, 0) is 5.41 Å². The summed E-state index contributed by atoms with van der Waals surface area (Å²) in [7, 11) is 0. The number of unbranched alkanes of at least 4 members (excludes halogenated alkanes) is 10. The predicted molar refractivity (Wildman–Crippen MR) is 173 cm³/mol. The number of aromatic nitrogens is 2. The van der Waals surface area contributed by atoms with Gasteiger partial charge in [0.1, 0.15) is 0 Å². The molecule has 0 radical (unpaired) electrons. The van der Waals surface area contributed by atoms with Crippen molar-refractivity contribution in [1.82, 2.24) is 0 Å². The summed E-state index contributed by atoms with van der Waals surface area (Å²) in [6.07, 6.45) is 26.7. The van der Waals surface area contributed by atoms with Crippen molar-refractivity contribution < 1.29 is 9.97 Å². The molecular formula is C39H50N2+2. The molecule has 0 spiro atoms. The van der Waals surface area contributed by atoms with Crippen molar-refractivity contribution in [2.75, 3.05) is 0 Å². The molecule has 5 rings (SSSR count). The third-order valence-corrected chi connectivity index (χ3v) is 9.38. The van der Waals surface area contributed by atoms with Crippen LogP contribution in [-0.4, -0.2) is 0 Å². The second-order valence-corrected chi connectivity index (χ2v) is 12.2. The van der Waals surface area contributed by atoms with Crippen molar-refractivity contribution in [2.45, 2.75) is 109 Å². The highest BCUT2D eigenvalue weighted by Gasteiger charge is 2.42. The molecular weight excluding hydrogens is 496 g/mol. The topological polar surface area (TPSA) is 28.3 Å². The van der Waals surface area contributed by atoms with Crippen molar-refractivity contribution in [3.05, 3.63) is 96.6 Å². The molecule has 0 saturated heterocycles. The van der Waals surface area contributed by atoms with Crippen molar-refractivity contribution in [1.29, 1.82) is 0 Å². The maximum absolute atomic E-state index is 3.20. The molecule has 2 aromatic heterocycles. The van der Waals surface area contributed by atoms with Crippen LogP contribution in [0, 0.1) is 0 Å². The first kappa shape index (κ1) is 29.2. The van der Waals surface area contributed by atoms with Crippen molar-refractivity contribution in [3.63, 3.8) is 0 Å². The number of hydrogen-bond donors (Lipinski definition) is 0. The summed E-state index contributed by atoms with van der Waals surface area (Å²) in [5.74, 6) is 0. The van der Waals surface area contributed by atoms with Gasteiger partial charge in [-0.25, -0.2) is 9.97 Å². The van der Waals surface area contributed by atoms with Gasteiger partial charge in [0.15, 0.2) is 24.8 Å². The van der Waals surface area contributed by atoms with Crippen LogP contribution in [0.4, 0.5) is 0 Å². The second kappa shape index (κ2) is 14.6. The smallest absolute Gasteiger partial charge is 0.167 e. The maximum atomic E-state index is 3.20. The predicted octanol–water partition coefficient (Wildman–Crippen LogP) is 10.4. The van der Waals surface area contributed by atoms with E-state index in [0.717, 1.165) is 0 Å². The van der Waals surface area contributed by atoms with Gasteiger partial charge in [-0.15, -0.1) is 0 Å². The van der Waals surface area contributed by atoms with Gasteiger partial charge in [-0.3, -0.25) is 0 Å². The summed E-state index contributed by atoms with van der Waals surface area (Å²) >= 11 is 0. The molecule has 2 aromatic carbocycles. The lowest BCUT2D eigenvalue weighted by atomic mass is 9.70. The lowest BCUT2D eigenvalue weighted by molar-refractivity contribution is -0.378. The molecule has 0 fully saturated rings. The third-order valence-electron chi connectivity index (χ3n) is 9.38. The molecule has 214 valence electrons. The van der Waals surface area contributed by atoms with Crippen molar-refractivity contribution >= 4 is 0 Å². The summed E-state index contributed by atoms with van der Waals surface area (Å²) in [4.78, 5) is 6.40. The normalized spacial score (nSPS) is 13.2. The highest BCUT2D eigenvalue weighted by Crippen LogP contribution is 2.55. The highest BCUT2D eigenvalue weighted by molar-refractivity contribution is 5.86. The zero-order valence-corrected chi connectivity index (χ0v) is 25.5. The Labute approximate surface area is 248 Å². The number of nitrogens with one attached hydrogen (secondary N) is 2. The number of hydrogen-bond acceptors (Lipinski definition) is 0. The molecule has 0 atom stereocenters. The van der Waals surface area contributed by atoms with Crippen molar-refractivity contribution in [2.24, 2.45) is 0 Å². The van der Waals surface area contributed by atoms with E-state index in [0.29, 0.717) is 0 Å². The summed E-state index contributed by atoms with van der Waals surface area (Å²) in [5.41, 5.74) is 11.4. The fourth-order valence-electron chi connectivity index (χ4n) is 7.09. The molecule has 0 aliphatic heterocycles. The van der Waals surface area contributed by atoms with Gasteiger partial charge in [0.2, 0.25) is 0 Å². The number of pyridine rings is 2. The molecule has 0 bridgehead atoms. The first-order chi connectivity index (χ1) is 20.3. The minimum Gasteiger partial charge on any atom is -0.218 e. The quantitative estimate of drug-likeness (QED) is 0.125. The van der Waals surface area contributed by atoms with E-state index < -0.39 is 0 Å². The van der Waals surface area contributed by atoms with Crippen molar-refractivity contribution in [3.8, 4) is 33.4 Å². The monoisotopic (exact) mass is 546 g/mol. The summed E-state index contributed by atoms with van der Waals surface area (Å²) in [6, 6.07) is 23.4. The van der Waals surface area contributed by atoms with Gasteiger partial charge in [-0.2, -0.15) is 0 Å². The summed E-state index contributed by atoms with van der Waals surface area (Å²) in [5, 5.41) is 0. The molecule has 2 nitrogen and oxygen atoms in total. The molecule has 41 heavy (non-hydrogen) atoms. The van der Waals surface area contributed by atoms with E-state index >= 15 is 0 Å². The average Bonchev–Trinajstić information content (AvgIpc) is 3.30. The second-order valence-electron chi connectivity index (χ2n) is 12.2. The minimum atomic E-state index is 0.0774. The lowest BCUT2D eigenvalue weighted by Crippen LogP contribution is -2.25. The van der Waals surface area contributed by atoms with E-state index in [1.807, 2.05) is 24.8 Å². The molecule has 0 saturated carbocycles. The zero-order chi connectivity index (χ0) is 28.3. The molecule has 2 heteroatoms. The highest BCUT2D eigenvalue weighted by atomic mass is 14.6. The van der Waals surface area contributed by atoms with Gasteiger partial charge < -0.3 is 0 Å². The fraction of sp³-hybridized carbons (Fsp3) is 0.436. The van der Waals surface area contributed by atoms with Gasteiger partial charge in [-0.1, -0.05) is 115 Å². The van der Waals surface area contributed by atoms with Crippen LogP contribution in [0.15, 0.2) is 85.5 Å². The Balaban J connectivity index is 1.55. The molecule has 2 heterocycles. The first-order valence-corrected chi connectivity index (χ1v) is 16.5. The first-order valence-electron chi connectivity index (χ1n) is 16.5. The van der Waals surface area contributed by atoms with Crippen LogP contribution in [0.1, 0.15) is 115 Å². The Morgan fingerprint density at radius 1 is 0.439 bits per heavy atom. The van der Waals surface area contributed by atoms with Crippen LogP contribution in [0.25, 0.3) is 33.4 Å². The van der Waals surface area contributed by atoms with E-state index in [2.05, 4.69) is 84.5 Å². The Hall–Kier alpha value is -3.26. The van der Waals surface area contributed by atoms with Crippen LogP contribution in [0.3, 0.4) is 0 Å². The largest absolute Gasteiger partial charge is 0.218 e. The average molecular weight is 547 g/mol. The number of H-pyrrole nitrogens is 2. The SMILES string of the molecule is CCCCCCCCC1(CCCCCCCC)c2cc(-c3cc[nH+]cc3)ccc2-c2ccc(-c3cc[nH+]cc3)cc21.